The smallest absolute Gasteiger partial charge is 0.241 e. The molecule has 3 N–H and O–H groups in total. The number of hydrogen-bond acceptors (Lipinski definition) is 3. The summed E-state index contributed by atoms with van der Waals surface area (Å²) in [6.07, 6.45) is 5.20. The van der Waals surface area contributed by atoms with E-state index in [0.29, 0.717) is 0 Å². The Morgan fingerprint density at radius 1 is 1.38 bits per heavy atom. The van der Waals surface area contributed by atoms with E-state index in [1.54, 1.807) is 0 Å². The molecule has 1 amide bonds. The summed E-state index contributed by atoms with van der Waals surface area (Å²) in [5.41, 5.74) is 4.54. The molecule has 116 valence electrons. The molecule has 1 fully saturated rings. The zero-order chi connectivity index (χ0) is 15.2. The van der Waals surface area contributed by atoms with Gasteiger partial charge in [-0.2, -0.15) is 0 Å². The summed E-state index contributed by atoms with van der Waals surface area (Å²) in [5.74, 6) is 4.83. The van der Waals surface area contributed by atoms with E-state index in [2.05, 4.69) is 29.4 Å². The second-order valence-corrected chi connectivity index (χ2v) is 6.03. The van der Waals surface area contributed by atoms with Crippen LogP contribution in [0.3, 0.4) is 0 Å². The summed E-state index contributed by atoms with van der Waals surface area (Å²) >= 11 is 0. The van der Waals surface area contributed by atoms with Crippen molar-refractivity contribution in [3.8, 4) is 0 Å². The highest BCUT2D eigenvalue weighted by molar-refractivity contribution is 5.82. The van der Waals surface area contributed by atoms with E-state index in [-0.39, 0.29) is 11.8 Å². The lowest BCUT2D eigenvalue weighted by molar-refractivity contribution is -0.122. The largest absolute Gasteiger partial charge is 0.296 e. The molecule has 1 aliphatic rings. The third-order valence-electron chi connectivity index (χ3n) is 4.26. The lowest BCUT2D eigenvalue weighted by Crippen LogP contribution is -2.33. The minimum atomic E-state index is -0.205. The lowest BCUT2D eigenvalue weighted by Gasteiger charge is -2.22. The number of amides is 1. The van der Waals surface area contributed by atoms with Crippen LogP contribution >= 0.6 is 0 Å². The average Bonchev–Trinajstić information content (AvgIpc) is 3.35. The van der Waals surface area contributed by atoms with Gasteiger partial charge < -0.3 is 0 Å². The number of unbranched alkanes of at least 4 members (excludes halogenated alkanes) is 1. The Morgan fingerprint density at radius 2 is 2.05 bits per heavy atom. The molecule has 1 aromatic rings. The summed E-state index contributed by atoms with van der Waals surface area (Å²) in [4.78, 5) is 14.1. The Morgan fingerprint density at radius 3 is 2.57 bits per heavy atom. The van der Waals surface area contributed by atoms with E-state index < -0.39 is 0 Å². The number of benzene rings is 1. The molecule has 0 saturated heterocycles. The predicted octanol–water partition coefficient (Wildman–Crippen LogP) is 2.54. The first-order valence-electron chi connectivity index (χ1n) is 7.99. The van der Waals surface area contributed by atoms with Gasteiger partial charge in [-0.05, 0) is 43.9 Å². The van der Waals surface area contributed by atoms with Gasteiger partial charge in [-0.25, -0.2) is 5.84 Å². The first-order valence-corrected chi connectivity index (χ1v) is 7.99. The molecule has 21 heavy (non-hydrogen) atoms. The molecule has 1 aliphatic carbocycles. The summed E-state index contributed by atoms with van der Waals surface area (Å²) < 4.78 is 0. The number of nitrogens with one attached hydrogen (secondary N) is 1. The van der Waals surface area contributed by atoms with Gasteiger partial charge in [0.25, 0.3) is 0 Å². The third-order valence-corrected chi connectivity index (χ3v) is 4.26. The van der Waals surface area contributed by atoms with Crippen molar-refractivity contribution in [1.29, 1.82) is 0 Å². The van der Waals surface area contributed by atoms with Crippen LogP contribution in [0.1, 0.15) is 56.6 Å². The Balaban J connectivity index is 1.96. The van der Waals surface area contributed by atoms with Gasteiger partial charge in [0, 0.05) is 12.6 Å². The molecular weight excluding hydrogens is 262 g/mol. The van der Waals surface area contributed by atoms with Gasteiger partial charge >= 0.3 is 0 Å². The molecule has 0 aliphatic heterocycles. The molecule has 4 nitrogen and oxygen atoms in total. The summed E-state index contributed by atoms with van der Waals surface area (Å²) in [7, 11) is 0. The molecule has 2 rings (SSSR count). The van der Waals surface area contributed by atoms with Crippen molar-refractivity contribution >= 4 is 5.91 Å². The zero-order valence-corrected chi connectivity index (χ0v) is 13.1. The van der Waals surface area contributed by atoms with E-state index in [0.717, 1.165) is 18.2 Å². The molecule has 0 spiro atoms. The van der Waals surface area contributed by atoms with Crippen LogP contribution in [0.15, 0.2) is 24.3 Å². The first-order chi connectivity index (χ1) is 10.2. The number of carbonyl (C=O) groups excluding carboxylic acids is 1. The van der Waals surface area contributed by atoms with Crippen LogP contribution in [0.4, 0.5) is 0 Å². The van der Waals surface area contributed by atoms with Crippen molar-refractivity contribution in [2.45, 2.75) is 58.0 Å². The van der Waals surface area contributed by atoms with Gasteiger partial charge in [0.15, 0.2) is 0 Å². The molecular formula is C17H27N3O. The third kappa shape index (κ3) is 4.55. The van der Waals surface area contributed by atoms with Crippen LogP contribution in [0.5, 0.6) is 0 Å². The van der Waals surface area contributed by atoms with Crippen molar-refractivity contribution < 1.29 is 4.79 Å². The highest BCUT2D eigenvalue weighted by Crippen LogP contribution is 2.28. The Hall–Kier alpha value is -1.39. The van der Waals surface area contributed by atoms with Gasteiger partial charge in [-0.3, -0.25) is 15.1 Å². The molecule has 1 unspecified atom stereocenters. The monoisotopic (exact) mass is 289 g/mol. The predicted molar refractivity (Wildman–Crippen MR) is 85.5 cm³/mol. The highest BCUT2D eigenvalue weighted by Gasteiger charge is 2.28. The molecule has 1 atom stereocenters. The Kier molecular flexibility index (Phi) is 5.76. The maximum Gasteiger partial charge on any atom is 0.241 e. The van der Waals surface area contributed by atoms with Crippen LogP contribution < -0.4 is 11.3 Å². The fourth-order valence-corrected chi connectivity index (χ4v) is 2.61. The molecule has 1 aromatic carbocycles. The minimum Gasteiger partial charge on any atom is -0.296 e. The molecule has 0 aromatic heterocycles. The molecule has 0 bridgehead atoms. The van der Waals surface area contributed by atoms with Crippen molar-refractivity contribution in [2.24, 2.45) is 5.84 Å². The standard InChI is InChI=1S/C17H27N3O/c1-3-4-11-20(16-9-10-16)12-14-5-7-15(8-6-14)13(2)17(21)19-18/h5-8,13,16H,3-4,9-12,18H2,1-2H3,(H,19,21). The van der Waals surface area contributed by atoms with E-state index in [1.807, 2.05) is 19.1 Å². The fourth-order valence-electron chi connectivity index (χ4n) is 2.61. The van der Waals surface area contributed by atoms with Gasteiger partial charge in [-0.1, -0.05) is 37.6 Å². The molecule has 0 radical (unpaired) electrons. The van der Waals surface area contributed by atoms with E-state index in [9.17, 15) is 4.79 Å². The maximum atomic E-state index is 11.5. The van der Waals surface area contributed by atoms with Crippen molar-refractivity contribution in [3.63, 3.8) is 0 Å². The summed E-state index contributed by atoms with van der Waals surface area (Å²) in [6, 6.07) is 9.15. The average molecular weight is 289 g/mol. The Bertz CT molecular complexity index is 454. The van der Waals surface area contributed by atoms with Crippen LogP contribution in [0, 0.1) is 0 Å². The number of nitrogens with zero attached hydrogens (tertiary/aromatic N) is 1. The van der Waals surface area contributed by atoms with E-state index >= 15 is 0 Å². The van der Waals surface area contributed by atoms with Gasteiger partial charge in [0.2, 0.25) is 5.91 Å². The van der Waals surface area contributed by atoms with Crippen molar-refractivity contribution in [3.05, 3.63) is 35.4 Å². The SMILES string of the molecule is CCCCN(Cc1ccc(C(C)C(=O)NN)cc1)C1CC1. The summed E-state index contributed by atoms with van der Waals surface area (Å²) in [5, 5.41) is 0. The van der Waals surface area contributed by atoms with Crippen LogP contribution in [0.2, 0.25) is 0 Å². The second-order valence-electron chi connectivity index (χ2n) is 6.03. The van der Waals surface area contributed by atoms with Crippen LogP contribution in [0.25, 0.3) is 0 Å². The van der Waals surface area contributed by atoms with Crippen LogP contribution in [-0.2, 0) is 11.3 Å². The maximum absolute atomic E-state index is 11.5. The number of hydrogen-bond donors (Lipinski definition) is 2. The lowest BCUT2D eigenvalue weighted by atomic mass is 9.99. The minimum absolute atomic E-state index is 0.148. The quantitative estimate of drug-likeness (QED) is 0.439. The van der Waals surface area contributed by atoms with E-state index in [4.69, 9.17) is 5.84 Å². The van der Waals surface area contributed by atoms with E-state index in [1.165, 1.54) is 37.8 Å². The summed E-state index contributed by atoms with van der Waals surface area (Å²) in [6.45, 7) is 6.32. The molecule has 4 heteroatoms. The molecule has 0 heterocycles. The second kappa shape index (κ2) is 7.57. The normalized spacial score (nSPS) is 16.0. The van der Waals surface area contributed by atoms with Gasteiger partial charge in [0.1, 0.15) is 0 Å². The Labute approximate surface area is 127 Å². The van der Waals surface area contributed by atoms with Crippen molar-refractivity contribution in [1.82, 2.24) is 10.3 Å². The number of nitrogens with two attached hydrogens (primary N) is 1. The van der Waals surface area contributed by atoms with Gasteiger partial charge in [0.05, 0.1) is 5.92 Å². The number of rotatable bonds is 8. The topological polar surface area (TPSA) is 58.4 Å². The molecule has 1 saturated carbocycles. The van der Waals surface area contributed by atoms with Crippen LogP contribution in [-0.4, -0.2) is 23.4 Å². The number of hydrazine groups is 1. The number of carbonyl (C=O) groups is 1. The fraction of sp³-hybridized carbons (Fsp3) is 0.588. The highest BCUT2D eigenvalue weighted by atomic mass is 16.2. The van der Waals surface area contributed by atoms with Gasteiger partial charge in [-0.15, -0.1) is 0 Å². The van der Waals surface area contributed by atoms with Crippen molar-refractivity contribution in [2.75, 3.05) is 6.54 Å². The zero-order valence-electron chi connectivity index (χ0n) is 13.1. The first kappa shape index (κ1) is 16.0.